The number of aromatic nitrogens is 2. The highest BCUT2D eigenvalue weighted by Crippen LogP contribution is 2.31. The predicted octanol–water partition coefficient (Wildman–Crippen LogP) is 3.62. The van der Waals surface area contributed by atoms with Gasteiger partial charge >= 0.3 is 6.18 Å². The Hall–Kier alpha value is -3.47. The maximum absolute atomic E-state index is 13.2. The van der Waals surface area contributed by atoms with Crippen LogP contribution < -0.4 is 4.74 Å². The molecular weight excluding hydrogens is 444 g/mol. The van der Waals surface area contributed by atoms with Crippen LogP contribution >= 0.6 is 0 Å². The van der Waals surface area contributed by atoms with Crippen molar-refractivity contribution in [2.45, 2.75) is 12.7 Å². The zero-order valence-corrected chi connectivity index (χ0v) is 17.4. The molecule has 0 spiro atoms. The molecule has 0 radical (unpaired) electrons. The van der Waals surface area contributed by atoms with Crippen LogP contribution in [0.5, 0.6) is 5.75 Å². The Morgan fingerprint density at radius 2 is 1.82 bits per heavy atom. The van der Waals surface area contributed by atoms with Gasteiger partial charge < -0.3 is 14.2 Å². The van der Waals surface area contributed by atoms with E-state index in [1.807, 2.05) is 4.90 Å². The van der Waals surface area contributed by atoms with Crippen LogP contribution in [0.3, 0.4) is 0 Å². The Bertz CT molecular complexity index is 1110. The average Bonchev–Trinajstić information content (AvgIpc) is 3.26. The number of halogens is 4. The van der Waals surface area contributed by atoms with Crippen LogP contribution in [0.1, 0.15) is 11.5 Å². The Morgan fingerprint density at radius 3 is 2.55 bits per heavy atom. The number of amides is 1. The van der Waals surface area contributed by atoms with E-state index in [2.05, 4.69) is 10.1 Å². The first-order chi connectivity index (χ1) is 15.8. The number of piperazine rings is 1. The predicted molar refractivity (Wildman–Crippen MR) is 108 cm³/mol. The molecule has 33 heavy (non-hydrogen) atoms. The molecule has 0 saturated carbocycles. The molecule has 4 rings (SSSR count). The molecule has 0 unspecified atom stereocenters. The molecule has 1 aliphatic rings. The van der Waals surface area contributed by atoms with Gasteiger partial charge in [-0.3, -0.25) is 9.69 Å². The lowest BCUT2D eigenvalue weighted by atomic mass is 10.1. The van der Waals surface area contributed by atoms with Gasteiger partial charge in [0.25, 0.3) is 5.91 Å². The summed E-state index contributed by atoms with van der Waals surface area (Å²) in [5, 5.41) is 3.79. The molecular formula is C22H20F4N4O3. The molecule has 1 fully saturated rings. The van der Waals surface area contributed by atoms with Crippen LogP contribution in [0.25, 0.3) is 11.4 Å². The molecule has 0 atom stereocenters. The number of rotatable bonds is 6. The summed E-state index contributed by atoms with van der Waals surface area (Å²) in [7, 11) is 0. The molecule has 1 amide bonds. The van der Waals surface area contributed by atoms with Crippen LogP contribution in [0.2, 0.25) is 0 Å². The van der Waals surface area contributed by atoms with Gasteiger partial charge in [-0.05, 0) is 24.3 Å². The first kappa shape index (κ1) is 22.7. The molecule has 174 valence electrons. The second-order valence-electron chi connectivity index (χ2n) is 7.49. The summed E-state index contributed by atoms with van der Waals surface area (Å²) < 4.78 is 62.5. The highest BCUT2D eigenvalue weighted by atomic mass is 19.4. The van der Waals surface area contributed by atoms with Gasteiger partial charge in [-0.2, -0.15) is 18.2 Å². The average molecular weight is 464 g/mol. The molecule has 7 nitrogen and oxygen atoms in total. The van der Waals surface area contributed by atoms with Crippen molar-refractivity contribution in [1.29, 1.82) is 0 Å². The second-order valence-corrected chi connectivity index (χ2v) is 7.49. The standard InChI is InChI=1S/C22H20F4N4O3/c23-17-5-2-6-18(12-17)32-14-20(31)30-9-7-29(8-10-30)13-19-27-21(28-33-19)15-3-1-4-16(11-15)22(24,25)26/h1-6,11-12H,7-10,13-14H2. The van der Waals surface area contributed by atoms with E-state index in [1.54, 1.807) is 11.0 Å². The molecule has 1 saturated heterocycles. The van der Waals surface area contributed by atoms with Crippen LogP contribution in [-0.2, 0) is 17.5 Å². The van der Waals surface area contributed by atoms with E-state index in [-0.39, 0.29) is 35.5 Å². The number of carbonyl (C=O) groups is 1. The van der Waals surface area contributed by atoms with Crippen LogP contribution in [-0.4, -0.2) is 58.6 Å². The largest absolute Gasteiger partial charge is 0.484 e. The maximum atomic E-state index is 13.2. The lowest BCUT2D eigenvalue weighted by Crippen LogP contribution is -2.49. The Balaban J connectivity index is 1.27. The quantitative estimate of drug-likeness (QED) is 0.519. The van der Waals surface area contributed by atoms with Crippen molar-refractivity contribution in [2.75, 3.05) is 32.8 Å². The summed E-state index contributed by atoms with van der Waals surface area (Å²) >= 11 is 0. The van der Waals surface area contributed by atoms with Crippen molar-refractivity contribution < 1.29 is 31.6 Å². The van der Waals surface area contributed by atoms with Gasteiger partial charge in [-0.1, -0.05) is 23.4 Å². The van der Waals surface area contributed by atoms with Crippen molar-refractivity contribution in [3.8, 4) is 17.1 Å². The first-order valence-corrected chi connectivity index (χ1v) is 10.2. The van der Waals surface area contributed by atoms with Crippen molar-refractivity contribution in [1.82, 2.24) is 19.9 Å². The van der Waals surface area contributed by atoms with E-state index < -0.39 is 17.6 Å². The number of hydrogen-bond acceptors (Lipinski definition) is 6. The van der Waals surface area contributed by atoms with Crippen molar-refractivity contribution in [3.05, 3.63) is 65.8 Å². The summed E-state index contributed by atoms with van der Waals surface area (Å²) in [6.45, 7) is 2.14. The van der Waals surface area contributed by atoms with Gasteiger partial charge in [0.2, 0.25) is 11.7 Å². The van der Waals surface area contributed by atoms with Gasteiger partial charge in [-0.25, -0.2) is 4.39 Å². The van der Waals surface area contributed by atoms with Gasteiger partial charge in [0.1, 0.15) is 11.6 Å². The Kier molecular flexibility index (Phi) is 6.59. The third kappa shape index (κ3) is 5.86. The van der Waals surface area contributed by atoms with Gasteiger partial charge in [0.05, 0.1) is 12.1 Å². The van der Waals surface area contributed by atoms with Crippen LogP contribution in [0.4, 0.5) is 17.6 Å². The molecule has 11 heteroatoms. The zero-order valence-electron chi connectivity index (χ0n) is 17.4. The third-order valence-electron chi connectivity index (χ3n) is 5.16. The molecule has 0 N–H and O–H groups in total. The number of ether oxygens (including phenoxy) is 1. The van der Waals surface area contributed by atoms with E-state index >= 15 is 0 Å². The van der Waals surface area contributed by atoms with Crippen molar-refractivity contribution in [3.63, 3.8) is 0 Å². The Labute approximate surface area is 186 Å². The molecule has 3 aromatic rings. The van der Waals surface area contributed by atoms with E-state index in [9.17, 15) is 22.4 Å². The van der Waals surface area contributed by atoms with Crippen molar-refractivity contribution >= 4 is 5.91 Å². The minimum atomic E-state index is -4.46. The number of nitrogens with zero attached hydrogens (tertiary/aromatic N) is 4. The summed E-state index contributed by atoms with van der Waals surface area (Å²) in [6, 6.07) is 10.3. The van der Waals surface area contributed by atoms with E-state index in [0.29, 0.717) is 32.7 Å². The summed E-state index contributed by atoms with van der Waals surface area (Å²) in [5.74, 6) is 0.000304. The van der Waals surface area contributed by atoms with E-state index in [0.717, 1.165) is 12.1 Å². The molecule has 1 aromatic heterocycles. The Morgan fingerprint density at radius 1 is 1.06 bits per heavy atom. The second kappa shape index (κ2) is 9.57. The number of carbonyl (C=O) groups excluding carboxylic acids is 1. The summed E-state index contributed by atoms with van der Waals surface area (Å²) in [5.41, 5.74) is -0.568. The minimum Gasteiger partial charge on any atom is -0.484 e. The van der Waals surface area contributed by atoms with Crippen LogP contribution in [0, 0.1) is 5.82 Å². The van der Waals surface area contributed by atoms with E-state index in [4.69, 9.17) is 9.26 Å². The van der Waals surface area contributed by atoms with Gasteiger partial charge in [0, 0.05) is 37.8 Å². The van der Waals surface area contributed by atoms with Gasteiger partial charge in [0.15, 0.2) is 6.61 Å². The summed E-state index contributed by atoms with van der Waals surface area (Å²) in [4.78, 5) is 20.2. The first-order valence-electron chi connectivity index (χ1n) is 10.2. The smallest absolute Gasteiger partial charge is 0.416 e. The van der Waals surface area contributed by atoms with Gasteiger partial charge in [-0.15, -0.1) is 0 Å². The molecule has 0 bridgehead atoms. The highest BCUT2D eigenvalue weighted by molar-refractivity contribution is 5.77. The monoisotopic (exact) mass is 464 g/mol. The summed E-state index contributed by atoms with van der Waals surface area (Å²) in [6.07, 6.45) is -4.46. The fourth-order valence-corrected chi connectivity index (χ4v) is 3.41. The highest BCUT2D eigenvalue weighted by Gasteiger charge is 2.31. The van der Waals surface area contributed by atoms with Crippen molar-refractivity contribution in [2.24, 2.45) is 0 Å². The van der Waals surface area contributed by atoms with Crippen LogP contribution in [0.15, 0.2) is 53.1 Å². The fraction of sp³-hybridized carbons (Fsp3) is 0.318. The minimum absolute atomic E-state index is 0.0828. The molecule has 1 aliphatic heterocycles. The maximum Gasteiger partial charge on any atom is 0.416 e. The zero-order chi connectivity index (χ0) is 23.4. The topological polar surface area (TPSA) is 71.7 Å². The molecule has 0 aliphatic carbocycles. The SMILES string of the molecule is O=C(COc1cccc(F)c1)N1CCN(Cc2nc(-c3cccc(C(F)(F)F)c3)no2)CC1. The normalized spacial score (nSPS) is 15.0. The molecule has 2 aromatic carbocycles. The lowest BCUT2D eigenvalue weighted by Gasteiger charge is -2.33. The van der Waals surface area contributed by atoms with E-state index in [1.165, 1.54) is 30.3 Å². The lowest BCUT2D eigenvalue weighted by molar-refractivity contribution is -0.137. The third-order valence-corrected chi connectivity index (χ3v) is 5.16. The number of benzene rings is 2. The number of alkyl halides is 3. The molecule has 2 heterocycles. The number of hydrogen-bond donors (Lipinski definition) is 0. The fourth-order valence-electron chi connectivity index (χ4n) is 3.41.